The van der Waals surface area contributed by atoms with Crippen LogP contribution in [0.15, 0.2) is 42.5 Å². The Kier molecular flexibility index (Phi) is 7.47. The van der Waals surface area contributed by atoms with E-state index in [0.29, 0.717) is 18.1 Å². The minimum Gasteiger partial charge on any atom is -0.488 e. The summed E-state index contributed by atoms with van der Waals surface area (Å²) in [4.78, 5) is 18.0. The zero-order valence-corrected chi connectivity index (χ0v) is 22.1. The zero-order valence-electron chi connectivity index (χ0n) is 21.4. The van der Waals surface area contributed by atoms with Gasteiger partial charge < -0.3 is 25.0 Å². The fourth-order valence-corrected chi connectivity index (χ4v) is 5.85. The molecule has 3 atom stereocenters. The molecule has 36 heavy (non-hydrogen) atoms. The first kappa shape index (κ1) is 25.4. The Bertz CT molecular complexity index is 1070. The van der Waals surface area contributed by atoms with Gasteiger partial charge in [-0.2, -0.15) is 0 Å². The molecule has 3 heterocycles. The van der Waals surface area contributed by atoms with E-state index in [0.717, 1.165) is 61.5 Å². The van der Waals surface area contributed by atoms with E-state index >= 15 is 0 Å². The summed E-state index contributed by atoms with van der Waals surface area (Å²) < 4.78 is 6.14. The van der Waals surface area contributed by atoms with E-state index in [1.54, 1.807) is 0 Å². The number of carbonyl (C=O) groups is 1. The summed E-state index contributed by atoms with van der Waals surface area (Å²) in [7, 11) is 0. The third-order valence-corrected chi connectivity index (χ3v) is 8.17. The number of carbonyl (C=O) groups excluding carboxylic acids is 1. The van der Waals surface area contributed by atoms with Crippen molar-refractivity contribution >= 4 is 23.2 Å². The van der Waals surface area contributed by atoms with Crippen molar-refractivity contribution in [2.24, 2.45) is 5.92 Å². The van der Waals surface area contributed by atoms with Gasteiger partial charge >= 0.3 is 0 Å². The lowest BCUT2D eigenvalue weighted by Crippen LogP contribution is -2.48. The molecule has 2 saturated heterocycles. The number of nitrogens with zero attached hydrogens (tertiary/aromatic N) is 2. The van der Waals surface area contributed by atoms with Crippen LogP contribution >= 0.6 is 11.6 Å². The van der Waals surface area contributed by atoms with E-state index in [-0.39, 0.29) is 23.5 Å². The molecule has 2 aromatic rings. The number of ether oxygens (including phenoxy) is 1. The van der Waals surface area contributed by atoms with Crippen molar-refractivity contribution in [3.8, 4) is 5.75 Å². The average Bonchev–Trinajstić information content (AvgIpc) is 3.55. The van der Waals surface area contributed by atoms with Gasteiger partial charge in [0.25, 0.3) is 0 Å². The molecule has 7 heteroatoms. The molecule has 0 radical (unpaired) electrons. The number of benzene rings is 2. The highest BCUT2D eigenvalue weighted by Crippen LogP contribution is 2.35. The molecule has 0 saturated carbocycles. The quantitative estimate of drug-likeness (QED) is 0.569. The lowest BCUT2D eigenvalue weighted by molar-refractivity contribution is -0.126. The van der Waals surface area contributed by atoms with Crippen LogP contribution < -0.4 is 15.0 Å². The lowest BCUT2D eigenvalue weighted by atomic mass is 9.91. The second-order valence-electron chi connectivity index (χ2n) is 11.2. The van der Waals surface area contributed by atoms with Gasteiger partial charge in [-0.1, -0.05) is 17.7 Å². The predicted molar refractivity (Wildman–Crippen MR) is 144 cm³/mol. The van der Waals surface area contributed by atoms with Gasteiger partial charge in [0, 0.05) is 30.3 Å². The number of likely N-dealkylation sites (tertiary alicyclic amines) is 1. The van der Waals surface area contributed by atoms with Gasteiger partial charge in [-0.05, 0) is 107 Å². The van der Waals surface area contributed by atoms with E-state index in [9.17, 15) is 9.90 Å². The third kappa shape index (κ3) is 5.82. The van der Waals surface area contributed by atoms with Gasteiger partial charge in [0.2, 0.25) is 5.91 Å². The molecule has 3 aliphatic heterocycles. The number of aliphatic hydroxyl groups excluding tert-OH is 1. The molecular formula is C29H38ClN3O3. The third-order valence-electron chi connectivity index (χ3n) is 7.92. The highest BCUT2D eigenvalue weighted by Gasteiger charge is 2.34. The van der Waals surface area contributed by atoms with Crippen LogP contribution in [0.3, 0.4) is 0 Å². The van der Waals surface area contributed by atoms with Gasteiger partial charge in [0.1, 0.15) is 17.5 Å². The number of halogens is 1. The van der Waals surface area contributed by atoms with E-state index in [2.05, 4.69) is 35.0 Å². The van der Waals surface area contributed by atoms with Crippen molar-refractivity contribution in [1.82, 2.24) is 10.2 Å². The summed E-state index contributed by atoms with van der Waals surface area (Å²) in [5.41, 5.74) is 2.89. The topological polar surface area (TPSA) is 65.0 Å². The maximum Gasteiger partial charge on any atom is 0.225 e. The maximum atomic E-state index is 13.4. The SMILES string of the molecule is CC1(C)CCc2cc([C@@H](O)[C@@H](CN3CCCC3)NC(=O)[C@H]3CCN(c4ccc(Cl)cc4)C3)ccc2O1. The lowest BCUT2D eigenvalue weighted by Gasteiger charge is -2.34. The number of amides is 1. The molecule has 6 nitrogen and oxygen atoms in total. The number of rotatable bonds is 7. The van der Waals surface area contributed by atoms with Crippen LogP contribution in [0.25, 0.3) is 0 Å². The molecule has 2 N–H and O–H groups in total. The van der Waals surface area contributed by atoms with Crippen LogP contribution in [0, 0.1) is 5.92 Å². The Balaban J connectivity index is 1.28. The van der Waals surface area contributed by atoms with E-state index in [1.165, 1.54) is 12.8 Å². The summed E-state index contributed by atoms with van der Waals surface area (Å²) in [6.07, 6.45) is 4.23. The normalized spacial score (nSPS) is 23.1. The zero-order chi connectivity index (χ0) is 25.3. The fourth-order valence-electron chi connectivity index (χ4n) is 5.72. The van der Waals surface area contributed by atoms with Crippen molar-refractivity contribution in [3.05, 3.63) is 58.6 Å². The summed E-state index contributed by atoms with van der Waals surface area (Å²) in [5.74, 6) is 0.821. The van der Waals surface area contributed by atoms with Gasteiger partial charge in [-0.15, -0.1) is 0 Å². The molecule has 194 valence electrons. The highest BCUT2D eigenvalue weighted by molar-refractivity contribution is 6.30. The Labute approximate surface area is 219 Å². The summed E-state index contributed by atoms with van der Waals surface area (Å²) in [6.45, 7) is 8.40. The Morgan fingerprint density at radius 2 is 1.92 bits per heavy atom. The van der Waals surface area contributed by atoms with Crippen LogP contribution in [0.5, 0.6) is 5.75 Å². The molecule has 5 rings (SSSR count). The smallest absolute Gasteiger partial charge is 0.225 e. The van der Waals surface area contributed by atoms with E-state index in [1.807, 2.05) is 36.4 Å². The molecule has 2 aromatic carbocycles. The van der Waals surface area contributed by atoms with Crippen molar-refractivity contribution in [2.75, 3.05) is 37.6 Å². The molecular weight excluding hydrogens is 474 g/mol. The van der Waals surface area contributed by atoms with Crippen molar-refractivity contribution < 1.29 is 14.6 Å². The number of nitrogens with one attached hydrogen (secondary N) is 1. The second-order valence-corrected chi connectivity index (χ2v) is 11.6. The summed E-state index contributed by atoms with van der Waals surface area (Å²) >= 11 is 6.04. The number of hydrogen-bond acceptors (Lipinski definition) is 5. The molecule has 0 aromatic heterocycles. The second kappa shape index (κ2) is 10.6. The monoisotopic (exact) mass is 511 g/mol. The number of fused-ring (bicyclic) bond motifs is 1. The van der Waals surface area contributed by atoms with Crippen LogP contribution in [0.2, 0.25) is 5.02 Å². The molecule has 2 fully saturated rings. The number of aliphatic hydroxyl groups is 1. The fraction of sp³-hybridized carbons (Fsp3) is 0.552. The number of hydrogen-bond donors (Lipinski definition) is 2. The molecule has 0 unspecified atom stereocenters. The molecule has 0 aliphatic carbocycles. The van der Waals surface area contributed by atoms with Gasteiger partial charge in [-0.3, -0.25) is 4.79 Å². The summed E-state index contributed by atoms with van der Waals surface area (Å²) in [6, 6.07) is 13.4. The molecule has 0 bridgehead atoms. The largest absolute Gasteiger partial charge is 0.488 e. The van der Waals surface area contributed by atoms with Crippen LogP contribution in [-0.2, 0) is 11.2 Å². The van der Waals surface area contributed by atoms with Crippen LogP contribution in [-0.4, -0.2) is 60.3 Å². The first-order chi connectivity index (χ1) is 17.3. The van der Waals surface area contributed by atoms with Gasteiger partial charge in [0.05, 0.1) is 12.0 Å². The van der Waals surface area contributed by atoms with Crippen molar-refractivity contribution in [2.45, 2.75) is 63.7 Å². The maximum absolute atomic E-state index is 13.4. The molecule has 3 aliphatic rings. The van der Waals surface area contributed by atoms with Crippen molar-refractivity contribution in [1.29, 1.82) is 0 Å². The summed E-state index contributed by atoms with van der Waals surface area (Å²) in [5, 5.41) is 15.4. The van der Waals surface area contributed by atoms with Crippen LogP contribution in [0.1, 0.15) is 56.8 Å². The average molecular weight is 512 g/mol. The standard InChI is InChI=1S/C29H38ClN3O3/c1-29(2)13-11-20-17-21(5-10-26(20)36-29)27(34)25(19-32-14-3-4-15-32)31-28(35)22-12-16-33(18-22)24-8-6-23(30)7-9-24/h5-10,17,22,25,27,34H,3-4,11-16,18-19H2,1-2H3,(H,31,35)/t22-,25+,27+/m0/s1. The Hall–Kier alpha value is -2.28. The first-order valence-corrected chi connectivity index (χ1v) is 13.7. The van der Waals surface area contributed by atoms with E-state index in [4.69, 9.17) is 16.3 Å². The number of anilines is 1. The minimum atomic E-state index is -0.774. The predicted octanol–water partition coefficient (Wildman–Crippen LogP) is 4.58. The highest BCUT2D eigenvalue weighted by atomic mass is 35.5. The van der Waals surface area contributed by atoms with Gasteiger partial charge in [0.15, 0.2) is 0 Å². The number of aryl methyl sites for hydroxylation is 1. The Morgan fingerprint density at radius 3 is 2.67 bits per heavy atom. The first-order valence-electron chi connectivity index (χ1n) is 13.3. The van der Waals surface area contributed by atoms with Crippen LogP contribution in [0.4, 0.5) is 5.69 Å². The molecule has 1 amide bonds. The van der Waals surface area contributed by atoms with Crippen molar-refractivity contribution in [3.63, 3.8) is 0 Å². The van der Waals surface area contributed by atoms with Gasteiger partial charge in [-0.25, -0.2) is 0 Å². The van der Waals surface area contributed by atoms with E-state index < -0.39 is 6.10 Å². The Morgan fingerprint density at radius 1 is 1.17 bits per heavy atom. The minimum absolute atomic E-state index is 0.0257. The molecule has 0 spiro atoms.